The SMILES string of the molecule is O=C(NCc1c(F)ccc(Cl)c1F)O[C@@]1(O)CCN(c2ccccc2)C1=O. The minimum Gasteiger partial charge on any atom is -0.407 e. The molecule has 2 amide bonds. The molecular formula is C18H15ClF2N2O4. The molecule has 1 fully saturated rings. The first-order valence-electron chi connectivity index (χ1n) is 8.00. The van der Waals surface area contributed by atoms with E-state index in [-0.39, 0.29) is 18.0 Å². The zero-order valence-corrected chi connectivity index (χ0v) is 14.7. The lowest BCUT2D eigenvalue weighted by molar-refractivity contribution is -0.175. The molecule has 0 aliphatic carbocycles. The van der Waals surface area contributed by atoms with Crippen LogP contribution < -0.4 is 10.2 Å². The predicted molar refractivity (Wildman–Crippen MR) is 93.1 cm³/mol. The first-order chi connectivity index (χ1) is 12.8. The van der Waals surface area contributed by atoms with Crippen LogP contribution >= 0.6 is 11.6 Å². The van der Waals surface area contributed by atoms with Crippen molar-refractivity contribution in [1.82, 2.24) is 5.32 Å². The van der Waals surface area contributed by atoms with E-state index in [0.717, 1.165) is 12.1 Å². The van der Waals surface area contributed by atoms with Crippen molar-refractivity contribution in [2.24, 2.45) is 0 Å². The Morgan fingerprint density at radius 2 is 1.96 bits per heavy atom. The fraction of sp³-hybridized carbons (Fsp3) is 0.222. The number of carbonyl (C=O) groups excluding carboxylic acids is 2. The Labute approximate surface area is 158 Å². The van der Waals surface area contributed by atoms with Crippen molar-refractivity contribution in [3.8, 4) is 0 Å². The highest BCUT2D eigenvalue weighted by Crippen LogP contribution is 2.29. The molecule has 1 aliphatic heterocycles. The Bertz CT molecular complexity index is 881. The van der Waals surface area contributed by atoms with E-state index < -0.39 is 41.5 Å². The summed E-state index contributed by atoms with van der Waals surface area (Å²) in [6.45, 7) is -0.423. The van der Waals surface area contributed by atoms with Gasteiger partial charge in [0.2, 0.25) is 0 Å². The van der Waals surface area contributed by atoms with Gasteiger partial charge in [0.15, 0.2) is 0 Å². The van der Waals surface area contributed by atoms with Gasteiger partial charge in [-0.05, 0) is 24.3 Å². The maximum Gasteiger partial charge on any atom is 0.410 e. The van der Waals surface area contributed by atoms with E-state index >= 15 is 0 Å². The molecule has 0 aromatic heterocycles. The molecule has 1 saturated heterocycles. The molecule has 2 N–H and O–H groups in total. The van der Waals surface area contributed by atoms with Crippen molar-refractivity contribution in [2.75, 3.05) is 11.4 Å². The van der Waals surface area contributed by atoms with E-state index in [1.807, 2.05) is 0 Å². The van der Waals surface area contributed by atoms with Crippen LogP contribution in [0.4, 0.5) is 19.3 Å². The van der Waals surface area contributed by atoms with Crippen LogP contribution in [0.1, 0.15) is 12.0 Å². The summed E-state index contributed by atoms with van der Waals surface area (Å²) < 4.78 is 32.3. The average molecular weight is 397 g/mol. The van der Waals surface area contributed by atoms with Crippen LogP contribution in [0.3, 0.4) is 0 Å². The number of hydrogen-bond acceptors (Lipinski definition) is 4. The Hall–Kier alpha value is -2.71. The second kappa shape index (κ2) is 7.50. The van der Waals surface area contributed by atoms with Crippen molar-refractivity contribution >= 4 is 29.3 Å². The fourth-order valence-corrected chi connectivity index (χ4v) is 2.89. The summed E-state index contributed by atoms with van der Waals surface area (Å²) in [6.07, 6.45) is -1.34. The summed E-state index contributed by atoms with van der Waals surface area (Å²) >= 11 is 5.58. The fourth-order valence-electron chi connectivity index (χ4n) is 2.71. The van der Waals surface area contributed by atoms with E-state index in [4.69, 9.17) is 16.3 Å². The minimum atomic E-state index is -2.36. The molecule has 6 nitrogen and oxygen atoms in total. The van der Waals surface area contributed by atoms with Crippen LogP contribution in [-0.4, -0.2) is 29.4 Å². The number of para-hydroxylation sites is 1. The highest BCUT2D eigenvalue weighted by Gasteiger charge is 2.49. The number of nitrogens with zero attached hydrogens (tertiary/aromatic N) is 1. The summed E-state index contributed by atoms with van der Waals surface area (Å²) in [4.78, 5) is 25.6. The number of alkyl carbamates (subject to hydrolysis) is 1. The summed E-state index contributed by atoms with van der Waals surface area (Å²) in [6, 6.07) is 10.6. The normalized spacial score (nSPS) is 19.3. The quantitative estimate of drug-likeness (QED) is 0.615. The summed E-state index contributed by atoms with van der Waals surface area (Å²) in [7, 11) is 0. The standard InChI is InChI=1S/C18H15ClF2N2O4/c19-13-6-7-14(20)12(15(13)21)10-22-17(25)27-18(26)8-9-23(16(18)24)11-4-2-1-3-5-11/h1-7,26H,8-10H2,(H,22,25)/t18-/m0/s1. The molecule has 0 radical (unpaired) electrons. The molecule has 27 heavy (non-hydrogen) atoms. The molecule has 0 unspecified atom stereocenters. The van der Waals surface area contributed by atoms with Gasteiger partial charge in [0.25, 0.3) is 11.7 Å². The zero-order chi connectivity index (χ0) is 19.6. The van der Waals surface area contributed by atoms with Crippen LogP contribution in [0, 0.1) is 11.6 Å². The van der Waals surface area contributed by atoms with Gasteiger partial charge in [-0.25, -0.2) is 13.6 Å². The number of amides is 2. The van der Waals surface area contributed by atoms with Crippen LogP contribution in [0.15, 0.2) is 42.5 Å². The summed E-state index contributed by atoms with van der Waals surface area (Å²) in [5.41, 5.74) is 0.0839. The third kappa shape index (κ3) is 3.86. The van der Waals surface area contributed by atoms with E-state index in [2.05, 4.69) is 5.32 Å². The lowest BCUT2D eigenvalue weighted by Gasteiger charge is -2.22. The molecule has 142 valence electrons. The molecule has 0 spiro atoms. The smallest absolute Gasteiger partial charge is 0.407 e. The number of carbonyl (C=O) groups is 2. The van der Waals surface area contributed by atoms with Crippen molar-refractivity contribution in [2.45, 2.75) is 18.8 Å². The number of hydrogen-bond donors (Lipinski definition) is 2. The van der Waals surface area contributed by atoms with Crippen molar-refractivity contribution in [1.29, 1.82) is 0 Å². The number of ether oxygens (including phenoxy) is 1. The second-order valence-corrected chi connectivity index (χ2v) is 6.30. The van der Waals surface area contributed by atoms with Crippen molar-refractivity contribution in [3.63, 3.8) is 0 Å². The van der Waals surface area contributed by atoms with Gasteiger partial charge in [0.05, 0.1) is 11.6 Å². The van der Waals surface area contributed by atoms with Crippen LogP contribution in [0.25, 0.3) is 0 Å². The highest BCUT2D eigenvalue weighted by atomic mass is 35.5. The third-order valence-electron chi connectivity index (χ3n) is 4.13. The second-order valence-electron chi connectivity index (χ2n) is 5.89. The van der Waals surface area contributed by atoms with Crippen molar-refractivity contribution in [3.05, 3.63) is 64.7 Å². The van der Waals surface area contributed by atoms with E-state index in [1.54, 1.807) is 30.3 Å². The summed E-state index contributed by atoms with van der Waals surface area (Å²) in [5.74, 6) is -5.07. The van der Waals surface area contributed by atoms with E-state index in [9.17, 15) is 23.5 Å². The lowest BCUT2D eigenvalue weighted by atomic mass is 10.2. The average Bonchev–Trinajstić information content (AvgIpc) is 2.94. The maximum absolute atomic E-state index is 13.8. The van der Waals surface area contributed by atoms with Gasteiger partial charge in [-0.2, -0.15) is 0 Å². The van der Waals surface area contributed by atoms with Gasteiger partial charge in [0, 0.05) is 24.2 Å². The molecule has 3 rings (SSSR count). The number of anilines is 1. The van der Waals surface area contributed by atoms with Gasteiger partial charge in [-0.15, -0.1) is 0 Å². The number of aliphatic hydroxyl groups is 1. The van der Waals surface area contributed by atoms with Crippen LogP contribution in [0.5, 0.6) is 0 Å². The molecule has 9 heteroatoms. The first-order valence-corrected chi connectivity index (χ1v) is 8.38. The lowest BCUT2D eigenvalue weighted by Crippen LogP contribution is -2.46. The molecule has 1 heterocycles. The predicted octanol–water partition coefficient (Wildman–Crippen LogP) is 2.97. The number of nitrogens with one attached hydrogen (secondary N) is 1. The molecular weight excluding hydrogens is 382 g/mol. The highest BCUT2D eigenvalue weighted by molar-refractivity contribution is 6.30. The number of rotatable bonds is 4. The van der Waals surface area contributed by atoms with Gasteiger partial charge in [-0.1, -0.05) is 29.8 Å². The molecule has 2 aromatic carbocycles. The minimum absolute atomic E-state index is 0.143. The molecule has 0 bridgehead atoms. The van der Waals surface area contributed by atoms with Crippen LogP contribution in [0.2, 0.25) is 5.02 Å². The first kappa shape index (κ1) is 19.1. The number of halogens is 3. The van der Waals surface area contributed by atoms with E-state index in [0.29, 0.717) is 5.69 Å². The van der Waals surface area contributed by atoms with E-state index in [1.165, 1.54) is 4.90 Å². The van der Waals surface area contributed by atoms with Gasteiger partial charge in [0.1, 0.15) is 11.6 Å². The Morgan fingerprint density at radius 1 is 1.26 bits per heavy atom. The maximum atomic E-state index is 13.8. The van der Waals surface area contributed by atoms with Gasteiger partial charge in [-0.3, -0.25) is 4.79 Å². The van der Waals surface area contributed by atoms with Gasteiger partial charge >= 0.3 is 6.09 Å². The topological polar surface area (TPSA) is 78.9 Å². The monoisotopic (exact) mass is 396 g/mol. The largest absolute Gasteiger partial charge is 0.410 e. The molecule has 0 saturated carbocycles. The number of benzene rings is 2. The zero-order valence-electron chi connectivity index (χ0n) is 13.9. The molecule has 1 aliphatic rings. The Morgan fingerprint density at radius 3 is 2.67 bits per heavy atom. The van der Waals surface area contributed by atoms with Crippen LogP contribution in [-0.2, 0) is 16.1 Å². The molecule has 2 aromatic rings. The third-order valence-corrected chi connectivity index (χ3v) is 4.42. The Kier molecular flexibility index (Phi) is 5.29. The Balaban J connectivity index is 1.64. The van der Waals surface area contributed by atoms with Crippen molar-refractivity contribution < 1.29 is 28.2 Å². The molecule has 1 atom stereocenters. The van der Waals surface area contributed by atoms with Gasteiger partial charge < -0.3 is 20.1 Å². The summed E-state index contributed by atoms with van der Waals surface area (Å²) in [5, 5.41) is 12.2.